The second kappa shape index (κ2) is 10.5. The van der Waals surface area contributed by atoms with E-state index >= 15 is 0 Å². The quantitative estimate of drug-likeness (QED) is 0.353. The van der Waals surface area contributed by atoms with Gasteiger partial charge in [-0.3, -0.25) is 0 Å². The van der Waals surface area contributed by atoms with Crippen LogP contribution >= 0.6 is 0 Å². The summed E-state index contributed by atoms with van der Waals surface area (Å²) in [6, 6.07) is 18.9. The van der Waals surface area contributed by atoms with Gasteiger partial charge in [-0.05, 0) is 34.9 Å². The van der Waals surface area contributed by atoms with E-state index < -0.39 is 0 Å². The average molecular weight is 420 g/mol. The molecule has 0 aliphatic rings. The molecule has 0 aliphatic heterocycles. The highest BCUT2D eigenvalue weighted by Gasteiger charge is 2.27. The lowest BCUT2D eigenvalue weighted by Crippen LogP contribution is -3.00. The Bertz CT molecular complexity index is 719. The second-order valence-corrected chi connectivity index (χ2v) is 10.0. The summed E-state index contributed by atoms with van der Waals surface area (Å²) < 4.78 is 6.36. The van der Waals surface area contributed by atoms with Crippen molar-refractivity contribution in [2.75, 3.05) is 27.3 Å². The molecule has 0 atom stereocenters. The number of hydrogen-bond acceptors (Lipinski definition) is 2. The summed E-state index contributed by atoms with van der Waals surface area (Å²) in [5.74, 6) is 0.896. The normalized spacial score (nSPS) is 12.4. The van der Waals surface area contributed by atoms with E-state index in [2.05, 4.69) is 97.2 Å². The standard InChI is InChI=1S/C25H38NO2.ClH/c1-24(2,3)20-25(4,5)22-13-15-23(16-14-22)27-17-18-28-26(6,7)19-21-11-9-8-10-12-21;/h8-16H,17-20H2,1-7H3;1H/q+1;/p-1. The zero-order valence-electron chi connectivity index (χ0n) is 19.2. The molecule has 0 amide bonds. The molecule has 0 N–H and O–H groups in total. The first-order valence-electron chi connectivity index (χ1n) is 10.2. The summed E-state index contributed by atoms with van der Waals surface area (Å²) in [6.07, 6.45) is 1.14. The van der Waals surface area contributed by atoms with Crippen molar-refractivity contribution in [3.05, 3.63) is 65.7 Å². The number of hydroxylamine groups is 3. The molecule has 0 spiro atoms. The van der Waals surface area contributed by atoms with Crippen molar-refractivity contribution in [1.29, 1.82) is 0 Å². The number of halogens is 1. The van der Waals surface area contributed by atoms with Gasteiger partial charge in [-0.2, -0.15) is 9.48 Å². The summed E-state index contributed by atoms with van der Waals surface area (Å²) in [5.41, 5.74) is 3.08. The Kier molecular flexibility index (Phi) is 9.20. The minimum absolute atomic E-state index is 0. The van der Waals surface area contributed by atoms with Gasteiger partial charge in [0.2, 0.25) is 0 Å². The van der Waals surface area contributed by atoms with Crippen LogP contribution in [0.1, 0.15) is 52.2 Å². The molecule has 0 saturated heterocycles. The van der Waals surface area contributed by atoms with Crippen LogP contribution in [0, 0.1) is 5.41 Å². The lowest BCUT2D eigenvalue weighted by atomic mass is 9.72. The molecule has 2 aromatic carbocycles. The fourth-order valence-electron chi connectivity index (χ4n) is 3.94. The molecule has 0 fully saturated rings. The molecule has 0 radical (unpaired) electrons. The van der Waals surface area contributed by atoms with Gasteiger partial charge >= 0.3 is 0 Å². The first-order valence-corrected chi connectivity index (χ1v) is 10.2. The third-order valence-electron chi connectivity index (χ3n) is 4.81. The molecule has 162 valence electrons. The van der Waals surface area contributed by atoms with Crippen molar-refractivity contribution < 1.29 is 26.6 Å². The van der Waals surface area contributed by atoms with E-state index in [0.717, 1.165) is 18.7 Å². The smallest absolute Gasteiger partial charge is 0.140 e. The fourth-order valence-corrected chi connectivity index (χ4v) is 3.94. The van der Waals surface area contributed by atoms with Gasteiger partial charge in [-0.15, -0.1) is 0 Å². The van der Waals surface area contributed by atoms with Crippen LogP contribution in [0.3, 0.4) is 0 Å². The number of ether oxygens (including phenoxy) is 1. The summed E-state index contributed by atoms with van der Waals surface area (Å²) in [4.78, 5) is 6.00. The van der Waals surface area contributed by atoms with E-state index in [1.165, 1.54) is 11.1 Å². The van der Waals surface area contributed by atoms with Crippen LogP contribution in [-0.4, -0.2) is 32.0 Å². The van der Waals surface area contributed by atoms with Gasteiger partial charge in [0, 0.05) is 5.56 Å². The third kappa shape index (κ3) is 9.20. The first-order chi connectivity index (χ1) is 13.0. The molecule has 4 heteroatoms. The Morgan fingerprint density at radius 1 is 0.793 bits per heavy atom. The molecule has 0 heterocycles. The van der Waals surface area contributed by atoms with Crippen LogP contribution in [0.2, 0.25) is 0 Å². The van der Waals surface area contributed by atoms with E-state index in [0.29, 0.717) is 23.3 Å². The van der Waals surface area contributed by atoms with Gasteiger partial charge < -0.3 is 17.1 Å². The van der Waals surface area contributed by atoms with Gasteiger partial charge in [0.25, 0.3) is 0 Å². The fraction of sp³-hybridized carbons (Fsp3) is 0.520. The lowest BCUT2D eigenvalue weighted by molar-refractivity contribution is -1.09. The molecular weight excluding hydrogens is 382 g/mol. The summed E-state index contributed by atoms with van der Waals surface area (Å²) in [7, 11) is 4.14. The van der Waals surface area contributed by atoms with Crippen LogP contribution in [0.5, 0.6) is 5.75 Å². The van der Waals surface area contributed by atoms with Crippen LogP contribution in [0.15, 0.2) is 54.6 Å². The Morgan fingerprint density at radius 3 is 1.93 bits per heavy atom. The highest BCUT2D eigenvalue weighted by atomic mass is 35.5. The van der Waals surface area contributed by atoms with Gasteiger partial charge in [0.15, 0.2) is 0 Å². The minimum atomic E-state index is 0. The highest BCUT2D eigenvalue weighted by molar-refractivity contribution is 5.31. The van der Waals surface area contributed by atoms with Crippen LogP contribution in [-0.2, 0) is 16.8 Å². The number of hydrogen-bond donors (Lipinski definition) is 0. The molecule has 0 aromatic heterocycles. The monoisotopic (exact) mass is 419 g/mol. The summed E-state index contributed by atoms with van der Waals surface area (Å²) in [5, 5.41) is 0. The first kappa shape index (κ1) is 25.5. The maximum Gasteiger partial charge on any atom is 0.140 e. The number of nitrogens with zero attached hydrogens (tertiary/aromatic N) is 1. The largest absolute Gasteiger partial charge is 1.00 e. The van der Waals surface area contributed by atoms with E-state index in [-0.39, 0.29) is 17.8 Å². The Balaban J connectivity index is 0.00000420. The van der Waals surface area contributed by atoms with Crippen molar-refractivity contribution in [3.8, 4) is 5.75 Å². The molecule has 3 nitrogen and oxygen atoms in total. The van der Waals surface area contributed by atoms with Crippen molar-refractivity contribution in [2.45, 2.75) is 53.0 Å². The number of quaternary nitrogens is 1. The van der Waals surface area contributed by atoms with Gasteiger partial charge in [0.1, 0.15) is 25.5 Å². The average Bonchev–Trinajstić information content (AvgIpc) is 2.58. The Hall–Kier alpha value is -1.55. The predicted octanol–water partition coefficient (Wildman–Crippen LogP) is 2.99. The second-order valence-electron chi connectivity index (χ2n) is 10.0. The molecule has 2 rings (SSSR count). The highest BCUT2D eigenvalue weighted by Crippen LogP contribution is 2.36. The van der Waals surface area contributed by atoms with Gasteiger partial charge in [-0.1, -0.05) is 77.1 Å². The minimum Gasteiger partial charge on any atom is -1.00 e. The van der Waals surface area contributed by atoms with E-state index in [1.54, 1.807) is 0 Å². The SMILES string of the molecule is CC(C)(C)CC(C)(C)c1ccc(OCCO[N+](C)(C)Cc2ccccc2)cc1.[Cl-]. The zero-order chi connectivity index (χ0) is 20.8. The number of rotatable bonds is 9. The maximum atomic E-state index is 6.00. The van der Waals surface area contributed by atoms with E-state index in [4.69, 9.17) is 9.57 Å². The molecule has 2 aromatic rings. The maximum absolute atomic E-state index is 6.00. The van der Waals surface area contributed by atoms with E-state index in [1.807, 2.05) is 6.07 Å². The summed E-state index contributed by atoms with van der Waals surface area (Å²) >= 11 is 0. The van der Waals surface area contributed by atoms with Crippen molar-refractivity contribution in [2.24, 2.45) is 5.41 Å². The molecule has 0 bridgehead atoms. The van der Waals surface area contributed by atoms with Crippen molar-refractivity contribution in [1.82, 2.24) is 0 Å². The molecular formula is C25H38ClNO2. The molecule has 0 saturated carbocycles. The number of benzene rings is 2. The molecule has 0 unspecified atom stereocenters. The van der Waals surface area contributed by atoms with Gasteiger partial charge in [-0.25, -0.2) is 0 Å². The van der Waals surface area contributed by atoms with Crippen LogP contribution < -0.4 is 17.1 Å². The Morgan fingerprint density at radius 2 is 1.38 bits per heavy atom. The van der Waals surface area contributed by atoms with Crippen molar-refractivity contribution in [3.63, 3.8) is 0 Å². The lowest BCUT2D eigenvalue weighted by Gasteiger charge is -2.33. The van der Waals surface area contributed by atoms with Gasteiger partial charge in [0.05, 0.1) is 14.1 Å². The van der Waals surface area contributed by atoms with E-state index in [9.17, 15) is 0 Å². The zero-order valence-corrected chi connectivity index (χ0v) is 19.9. The predicted molar refractivity (Wildman–Crippen MR) is 117 cm³/mol. The third-order valence-corrected chi connectivity index (χ3v) is 4.81. The van der Waals surface area contributed by atoms with Crippen LogP contribution in [0.4, 0.5) is 0 Å². The molecule has 29 heavy (non-hydrogen) atoms. The topological polar surface area (TPSA) is 18.5 Å². The van der Waals surface area contributed by atoms with Crippen LogP contribution in [0.25, 0.3) is 0 Å². The van der Waals surface area contributed by atoms with Crippen molar-refractivity contribution >= 4 is 0 Å². The summed E-state index contributed by atoms with van der Waals surface area (Å²) in [6.45, 7) is 13.4. The molecule has 0 aliphatic carbocycles. The Labute approximate surface area is 184 Å².